The second-order valence-corrected chi connectivity index (χ2v) is 7.06. The van der Waals surface area contributed by atoms with Gasteiger partial charge < -0.3 is 10.0 Å². The molecule has 0 radical (unpaired) electrons. The van der Waals surface area contributed by atoms with Crippen LogP contribution in [-0.4, -0.2) is 31.1 Å². The number of aliphatic hydroxyl groups is 1. The van der Waals surface area contributed by atoms with E-state index in [1.165, 1.54) is 34.7 Å². The minimum absolute atomic E-state index is 0.0561. The van der Waals surface area contributed by atoms with E-state index in [1.807, 2.05) is 11.8 Å². The molecule has 0 unspecified atom stereocenters. The molecule has 0 aliphatic carbocycles. The maximum atomic E-state index is 9.35. The normalized spacial score (nSPS) is 15.3. The third kappa shape index (κ3) is 3.21. The Morgan fingerprint density at radius 2 is 2.17 bits per heavy atom. The zero-order valence-electron chi connectivity index (χ0n) is 11.6. The number of aryl methyl sites for hydroxylation is 1. The van der Waals surface area contributed by atoms with E-state index >= 15 is 0 Å². The minimum atomic E-state index is -0.0561. The average Bonchev–Trinajstić information content (AvgIpc) is 2.37. The number of hydrogen-bond donors (Lipinski definition) is 1. The number of fused-ring (bicyclic) bond motifs is 1. The maximum absolute atomic E-state index is 9.35. The van der Waals surface area contributed by atoms with Crippen LogP contribution in [0, 0.1) is 5.41 Å². The summed E-state index contributed by atoms with van der Waals surface area (Å²) in [5, 5.41) is 9.35. The van der Waals surface area contributed by atoms with Crippen molar-refractivity contribution >= 4 is 17.4 Å². The Balaban J connectivity index is 2.13. The van der Waals surface area contributed by atoms with Crippen molar-refractivity contribution in [3.05, 3.63) is 23.8 Å². The van der Waals surface area contributed by atoms with Gasteiger partial charge in [-0.3, -0.25) is 0 Å². The van der Waals surface area contributed by atoms with Gasteiger partial charge in [0.05, 0.1) is 0 Å². The molecule has 2 nitrogen and oxygen atoms in total. The fourth-order valence-corrected chi connectivity index (χ4v) is 3.39. The first-order valence-corrected chi connectivity index (χ1v) is 7.58. The van der Waals surface area contributed by atoms with Crippen LogP contribution < -0.4 is 4.90 Å². The summed E-state index contributed by atoms with van der Waals surface area (Å²) in [6.45, 7) is 5.28. The lowest BCUT2D eigenvalue weighted by molar-refractivity contribution is 0.165. The van der Waals surface area contributed by atoms with Crippen LogP contribution in [0.25, 0.3) is 0 Å². The van der Waals surface area contributed by atoms with E-state index in [4.69, 9.17) is 0 Å². The van der Waals surface area contributed by atoms with Gasteiger partial charge in [-0.2, -0.15) is 0 Å². The topological polar surface area (TPSA) is 23.5 Å². The third-order valence-electron chi connectivity index (χ3n) is 3.43. The fourth-order valence-electron chi connectivity index (χ4n) is 2.37. The van der Waals surface area contributed by atoms with Crippen LogP contribution in [0.15, 0.2) is 23.1 Å². The molecule has 3 heteroatoms. The van der Waals surface area contributed by atoms with E-state index in [9.17, 15) is 5.11 Å². The molecule has 0 spiro atoms. The molecular weight excluding hydrogens is 242 g/mol. The maximum Gasteiger partial charge on any atom is 0.0499 e. The van der Waals surface area contributed by atoms with E-state index < -0.39 is 0 Å². The van der Waals surface area contributed by atoms with Crippen molar-refractivity contribution in [3.8, 4) is 0 Å². The fraction of sp³-hybridized carbons (Fsp3) is 0.600. The van der Waals surface area contributed by atoms with Crippen molar-refractivity contribution in [2.24, 2.45) is 5.41 Å². The Morgan fingerprint density at radius 3 is 2.89 bits per heavy atom. The molecule has 0 saturated heterocycles. The minimum Gasteiger partial charge on any atom is -0.396 e. The van der Waals surface area contributed by atoms with Crippen LogP contribution in [0.5, 0.6) is 0 Å². The Kier molecular flexibility index (Phi) is 4.23. The predicted octanol–water partition coefficient (Wildman–Crippen LogP) is 3.18. The number of benzene rings is 1. The van der Waals surface area contributed by atoms with Gasteiger partial charge in [-0.05, 0) is 42.4 Å². The Bertz CT molecular complexity index is 417. The molecule has 1 heterocycles. The van der Waals surface area contributed by atoms with Crippen molar-refractivity contribution < 1.29 is 5.11 Å². The molecule has 18 heavy (non-hydrogen) atoms. The molecule has 0 atom stereocenters. The highest BCUT2D eigenvalue weighted by atomic mass is 32.2. The molecule has 0 aromatic heterocycles. The first kappa shape index (κ1) is 13.8. The Morgan fingerprint density at radius 1 is 1.39 bits per heavy atom. The van der Waals surface area contributed by atoms with Crippen molar-refractivity contribution in [3.63, 3.8) is 0 Å². The van der Waals surface area contributed by atoms with Crippen LogP contribution in [0.3, 0.4) is 0 Å². The highest BCUT2D eigenvalue weighted by molar-refractivity contribution is 7.99. The number of thioether (sulfide) groups is 1. The van der Waals surface area contributed by atoms with Crippen LogP contribution in [0.2, 0.25) is 0 Å². The summed E-state index contributed by atoms with van der Waals surface area (Å²) in [6.07, 6.45) is 2.49. The molecule has 1 aromatic carbocycles. The van der Waals surface area contributed by atoms with E-state index in [1.54, 1.807) is 0 Å². The lowest BCUT2D eigenvalue weighted by atomic mass is 9.94. The summed E-state index contributed by atoms with van der Waals surface area (Å²) in [5.74, 6) is 1.25. The van der Waals surface area contributed by atoms with Crippen LogP contribution >= 0.6 is 11.8 Å². The summed E-state index contributed by atoms with van der Waals surface area (Å²) in [6, 6.07) is 6.76. The molecule has 0 amide bonds. The van der Waals surface area contributed by atoms with Crippen molar-refractivity contribution in [1.82, 2.24) is 0 Å². The molecule has 1 aliphatic rings. The summed E-state index contributed by atoms with van der Waals surface area (Å²) in [7, 11) is 2.11. The number of nitrogens with zero attached hydrogens (tertiary/aromatic N) is 1. The van der Waals surface area contributed by atoms with Gasteiger partial charge in [-0.15, -0.1) is 11.8 Å². The molecule has 0 saturated carbocycles. The van der Waals surface area contributed by atoms with Gasteiger partial charge in [0.2, 0.25) is 0 Å². The highest BCUT2D eigenvalue weighted by Gasteiger charge is 2.20. The zero-order chi connectivity index (χ0) is 13.2. The largest absolute Gasteiger partial charge is 0.396 e. The van der Waals surface area contributed by atoms with Gasteiger partial charge in [0.1, 0.15) is 0 Å². The second-order valence-electron chi connectivity index (χ2n) is 5.92. The van der Waals surface area contributed by atoms with Crippen LogP contribution in [0.1, 0.15) is 25.8 Å². The molecule has 100 valence electrons. The number of aliphatic hydroxyl groups excluding tert-OH is 1. The third-order valence-corrected chi connectivity index (χ3v) is 4.63. The van der Waals surface area contributed by atoms with E-state index in [0.29, 0.717) is 0 Å². The SMILES string of the molecule is CN(CC(C)(C)CO)c1ccc2c(c1)CCCS2. The average molecular weight is 265 g/mol. The van der Waals surface area contributed by atoms with Gasteiger partial charge in [0.15, 0.2) is 0 Å². The first-order valence-electron chi connectivity index (χ1n) is 6.59. The molecule has 1 N–H and O–H groups in total. The van der Waals surface area contributed by atoms with Crippen LogP contribution in [0.4, 0.5) is 5.69 Å². The molecule has 1 aliphatic heterocycles. The summed E-state index contributed by atoms with van der Waals surface area (Å²) >= 11 is 1.97. The molecular formula is C15H23NOS. The molecule has 0 bridgehead atoms. The van der Waals surface area contributed by atoms with Gasteiger partial charge in [0.25, 0.3) is 0 Å². The predicted molar refractivity (Wildman–Crippen MR) is 79.6 cm³/mol. The Hall–Kier alpha value is -0.670. The van der Waals surface area contributed by atoms with E-state index in [2.05, 4.69) is 44.0 Å². The van der Waals surface area contributed by atoms with Gasteiger partial charge in [-0.25, -0.2) is 0 Å². The highest BCUT2D eigenvalue weighted by Crippen LogP contribution is 2.33. The number of anilines is 1. The van der Waals surface area contributed by atoms with Crippen LogP contribution in [-0.2, 0) is 6.42 Å². The number of rotatable bonds is 4. The van der Waals surface area contributed by atoms with Crippen molar-refractivity contribution in [2.75, 3.05) is 30.9 Å². The smallest absolute Gasteiger partial charge is 0.0499 e. The van der Waals surface area contributed by atoms with Crippen molar-refractivity contribution in [2.45, 2.75) is 31.6 Å². The summed E-state index contributed by atoms with van der Waals surface area (Å²) < 4.78 is 0. The van der Waals surface area contributed by atoms with E-state index in [-0.39, 0.29) is 12.0 Å². The first-order chi connectivity index (χ1) is 8.52. The Labute approximate surface area is 114 Å². The standard InChI is InChI=1S/C15H23NOS/c1-15(2,11-17)10-16(3)13-6-7-14-12(9-13)5-4-8-18-14/h6-7,9,17H,4-5,8,10-11H2,1-3H3. The molecule has 0 fully saturated rings. The summed E-state index contributed by atoms with van der Waals surface area (Å²) in [5.41, 5.74) is 2.69. The molecule has 1 aromatic rings. The lowest BCUT2D eigenvalue weighted by Gasteiger charge is -2.30. The lowest BCUT2D eigenvalue weighted by Crippen LogP contribution is -2.33. The number of hydrogen-bond acceptors (Lipinski definition) is 3. The second kappa shape index (κ2) is 5.54. The monoisotopic (exact) mass is 265 g/mol. The quantitative estimate of drug-likeness (QED) is 0.904. The summed E-state index contributed by atoms with van der Waals surface area (Å²) in [4.78, 5) is 3.69. The van der Waals surface area contributed by atoms with Crippen molar-refractivity contribution in [1.29, 1.82) is 0 Å². The van der Waals surface area contributed by atoms with Gasteiger partial charge >= 0.3 is 0 Å². The molecule has 2 rings (SSSR count). The zero-order valence-corrected chi connectivity index (χ0v) is 12.4. The van der Waals surface area contributed by atoms with Gasteiger partial charge in [-0.1, -0.05) is 13.8 Å². The van der Waals surface area contributed by atoms with Gasteiger partial charge in [0, 0.05) is 36.2 Å². The van der Waals surface area contributed by atoms with E-state index in [0.717, 1.165) is 6.54 Å².